The molecule has 0 unspecified atom stereocenters. The maximum atomic E-state index is 12.6. The normalized spacial score (nSPS) is 22.1. The summed E-state index contributed by atoms with van der Waals surface area (Å²) in [6, 6.07) is 32.4. The Hall–Kier alpha value is -4.29. The number of piperidine rings is 1. The third-order valence-electron chi connectivity index (χ3n) is 9.30. The number of anilines is 1. The summed E-state index contributed by atoms with van der Waals surface area (Å²) >= 11 is 0. The number of amides is 2. The van der Waals surface area contributed by atoms with Gasteiger partial charge in [-0.25, -0.2) is 4.79 Å². The molecule has 3 aliphatic heterocycles. The standard InChI is InChI=1S/C39H43N3O7/c43-27-29-8-10-30(11-9-29)36-24-35(26-42-20-18-39(19-21-42)45-22-23-46-39)48-37(49-36)31-12-6-28(7-13-31)25-40-38(44)41-32-14-16-34(17-15-32)47-33-4-2-1-3-5-33/h1-17,35-37,43H,18-27H2,(H2,40,41,44)/t35-,36+,37+/m0/s1. The summed E-state index contributed by atoms with van der Waals surface area (Å²) in [5.41, 5.74) is 4.46. The summed E-state index contributed by atoms with van der Waals surface area (Å²) in [7, 11) is 0. The number of carbonyl (C=O) groups is 1. The summed E-state index contributed by atoms with van der Waals surface area (Å²) in [4.78, 5) is 15.1. The van der Waals surface area contributed by atoms with Crippen molar-refractivity contribution >= 4 is 11.7 Å². The third kappa shape index (κ3) is 8.66. The Morgan fingerprint density at radius 1 is 0.796 bits per heavy atom. The molecule has 4 aromatic carbocycles. The number of aliphatic hydroxyl groups excluding tert-OH is 1. The summed E-state index contributed by atoms with van der Waals surface area (Å²) in [6.45, 7) is 4.29. The zero-order valence-corrected chi connectivity index (χ0v) is 27.5. The average molecular weight is 666 g/mol. The number of carbonyl (C=O) groups excluding carboxylic acids is 1. The second-order valence-electron chi connectivity index (χ2n) is 12.7. The maximum absolute atomic E-state index is 12.6. The predicted octanol–water partition coefficient (Wildman–Crippen LogP) is 6.68. The molecule has 0 aliphatic carbocycles. The number of urea groups is 1. The van der Waals surface area contributed by atoms with E-state index in [-0.39, 0.29) is 24.8 Å². The highest BCUT2D eigenvalue weighted by molar-refractivity contribution is 5.89. The van der Waals surface area contributed by atoms with Crippen LogP contribution >= 0.6 is 0 Å². The topological polar surface area (TPSA) is 111 Å². The van der Waals surface area contributed by atoms with Gasteiger partial charge in [-0.15, -0.1) is 0 Å². The zero-order valence-electron chi connectivity index (χ0n) is 27.5. The van der Waals surface area contributed by atoms with Crippen molar-refractivity contribution in [1.82, 2.24) is 10.2 Å². The first kappa shape index (κ1) is 33.2. The zero-order chi connectivity index (χ0) is 33.5. The van der Waals surface area contributed by atoms with Crippen molar-refractivity contribution in [3.05, 3.63) is 125 Å². The van der Waals surface area contributed by atoms with E-state index in [2.05, 4.69) is 15.5 Å². The highest BCUT2D eigenvalue weighted by atomic mass is 16.7. The molecular weight excluding hydrogens is 622 g/mol. The fourth-order valence-corrected chi connectivity index (χ4v) is 6.56. The van der Waals surface area contributed by atoms with Crippen molar-refractivity contribution in [1.29, 1.82) is 0 Å². The summed E-state index contributed by atoms with van der Waals surface area (Å²) < 4.78 is 30.8. The van der Waals surface area contributed by atoms with Crippen LogP contribution in [0.25, 0.3) is 0 Å². The number of ether oxygens (including phenoxy) is 5. The first-order valence-electron chi connectivity index (χ1n) is 17.0. The Labute approximate surface area is 286 Å². The molecule has 10 heteroatoms. The van der Waals surface area contributed by atoms with Gasteiger partial charge >= 0.3 is 6.03 Å². The number of nitrogens with one attached hydrogen (secondary N) is 2. The Morgan fingerprint density at radius 2 is 1.45 bits per heavy atom. The quantitative estimate of drug-likeness (QED) is 0.172. The largest absolute Gasteiger partial charge is 0.457 e. The van der Waals surface area contributed by atoms with Gasteiger partial charge < -0.3 is 44.3 Å². The summed E-state index contributed by atoms with van der Waals surface area (Å²) in [6.07, 6.45) is 1.70. The van der Waals surface area contributed by atoms with Crippen molar-refractivity contribution < 1.29 is 33.6 Å². The Balaban J connectivity index is 0.944. The Kier molecular flexibility index (Phi) is 10.5. The molecule has 10 nitrogen and oxygen atoms in total. The van der Waals surface area contributed by atoms with Crippen LogP contribution in [-0.2, 0) is 32.1 Å². The van der Waals surface area contributed by atoms with Gasteiger partial charge in [0.2, 0.25) is 0 Å². The fraction of sp³-hybridized carbons (Fsp3) is 0.359. The number of para-hydroxylation sites is 1. The molecule has 3 aliphatic rings. The van der Waals surface area contributed by atoms with Gasteiger partial charge in [-0.05, 0) is 53.1 Å². The molecule has 0 aromatic heterocycles. The smallest absolute Gasteiger partial charge is 0.319 e. The van der Waals surface area contributed by atoms with Crippen LogP contribution in [0.5, 0.6) is 11.5 Å². The summed E-state index contributed by atoms with van der Waals surface area (Å²) in [5, 5.41) is 15.3. The van der Waals surface area contributed by atoms with Gasteiger partial charge in [-0.1, -0.05) is 66.7 Å². The molecule has 49 heavy (non-hydrogen) atoms. The van der Waals surface area contributed by atoms with E-state index in [0.29, 0.717) is 31.2 Å². The molecule has 7 rings (SSSR count). The minimum atomic E-state index is -0.543. The minimum Gasteiger partial charge on any atom is -0.457 e. The lowest BCUT2D eigenvalue weighted by molar-refractivity contribution is -0.255. The fourth-order valence-electron chi connectivity index (χ4n) is 6.56. The lowest BCUT2D eigenvalue weighted by Gasteiger charge is -2.41. The number of nitrogens with zero attached hydrogens (tertiary/aromatic N) is 1. The van der Waals surface area contributed by atoms with Crippen molar-refractivity contribution in [2.24, 2.45) is 0 Å². The molecule has 1 spiro atoms. The van der Waals surface area contributed by atoms with Crippen LogP contribution in [0, 0.1) is 0 Å². The molecule has 2 amide bonds. The Bertz CT molecular complexity index is 1640. The molecule has 3 atom stereocenters. The van der Waals surface area contributed by atoms with Crippen LogP contribution in [0.15, 0.2) is 103 Å². The van der Waals surface area contributed by atoms with E-state index in [1.54, 1.807) is 12.1 Å². The minimum absolute atomic E-state index is 0.00459. The molecule has 0 radical (unpaired) electrons. The number of hydrogen-bond donors (Lipinski definition) is 3. The molecule has 3 fully saturated rings. The number of benzene rings is 4. The van der Waals surface area contributed by atoms with Crippen molar-refractivity contribution in [3.63, 3.8) is 0 Å². The van der Waals surface area contributed by atoms with E-state index in [1.807, 2.05) is 91.0 Å². The molecule has 4 aromatic rings. The lowest BCUT2D eigenvalue weighted by Crippen LogP contribution is -2.48. The maximum Gasteiger partial charge on any atom is 0.319 e. The van der Waals surface area contributed by atoms with Crippen LogP contribution in [-0.4, -0.2) is 60.8 Å². The van der Waals surface area contributed by atoms with Crippen LogP contribution < -0.4 is 15.4 Å². The number of likely N-dealkylation sites (tertiary alicyclic amines) is 1. The van der Waals surface area contributed by atoms with Crippen molar-refractivity contribution in [3.8, 4) is 11.5 Å². The first-order valence-corrected chi connectivity index (χ1v) is 17.0. The molecule has 3 N–H and O–H groups in total. The van der Waals surface area contributed by atoms with Gasteiger partial charge in [0.05, 0.1) is 32.0 Å². The third-order valence-corrected chi connectivity index (χ3v) is 9.30. The van der Waals surface area contributed by atoms with Gasteiger partial charge in [-0.3, -0.25) is 0 Å². The molecule has 256 valence electrons. The van der Waals surface area contributed by atoms with Crippen molar-refractivity contribution in [2.45, 2.75) is 56.7 Å². The van der Waals surface area contributed by atoms with Gasteiger partial charge in [-0.2, -0.15) is 0 Å². The van der Waals surface area contributed by atoms with Gasteiger partial charge in [0.25, 0.3) is 0 Å². The van der Waals surface area contributed by atoms with Gasteiger partial charge in [0.1, 0.15) is 11.5 Å². The molecular formula is C39H43N3O7. The number of hydrogen-bond acceptors (Lipinski definition) is 8. The first-order chi connectivity index (χ1) is 24.0. The second kappa shape index (κ2) is 15.5. The average Bonchev–Trinajstić information content (AvgIpc) is 3.61. The van der Waals surface area contributed by atoms with E-state index in [1.165, 1.54) is 0 Å². The Morgan fingerprint density at radius 3 is 2.14 bits per heavy atom. The highest BCUT2D eigenvalue weighted by Crippen LogP contribution is 2.39. The van der Waals surface area contributed by atoms with Crippen LogP contribution in [0.4, 0.5) is 10.5 Å². The summed E-state index contributed by atoms with van der Waals surface area (Å²) in [5.74, 6) is 1.03. The molecule has 0 saturated carbocycles. The van der Waals surface area contributed by atoms with Crippen LogP contribution in [0.1, 0.15) is 53.9 Å². The number of rotatable bonds is 10. The van der Waals surface area contributed by atoms with Crippen LogP contribution in [0.3, 0.4) is 0 Å². The molecule has 3 saturated heterocycles. The van der Waals surface area contributed by atoms with E-state index < -0.39 is 12.1 Å². The van der Waals surface area contributed by atoms with E-state index in [9.17, 15) is 9.90 Å². The monoisotopic (exact) mass is 665 g/mol. The number of aliphatic hydroxyl groups is 1. The van der Waals surface area contributed by atoms with Gasteiger partial charge in [0, 0.05) is 56.7 Å². The van der Waals surface area contributed by atoms with Crippen LogP contribution in [0.2, 0.25) is 0 Å². The van der Waals surface area contributed by atoms with E-state index in [0.717, 1.165) is 66.9 Å². The predicted molar refractivity (Wildman–Crippen MR) is 184 cm³/mol. The lowest BCUT2D eigenvalue weighted by atomic mass is 9.98. The SMILES string of the molecule is O=C(NCc1ccc([C@@H]2O[C@H](CN3CCC4(CC3)OCCO4)C[C@H](c3ccc(CO)cc3)O2)cc1)Nc1ccc(Oc2ccccc2)cc1. The molecule has 3 heterocycles. The van der Waals surface area contributed by atoms with E-state index in [4.69, 9.17) is 23.7 Å². The van der Waals surface area contributed by atoms with E-state index >= 15 is 0 Å². The highest BCUT2D eigenvalue weighted by Gasteiger charge is 2.41. The van der Waals surface area contributed by atoms with Crippen molar-refractivity contribution in [2.75, 3.05) is 38.2 Å². The van der Waals surface area contributed by atoms with Gasteiger partial charge in [0.15, 0.2) is 12.1 Å². The second-order valence-corrected chi connectivity index (χ2v) is 12.7. The molecule has 0 bridgehead atoms.